The molecule has 14 nitrogen and oxygen atoms in total. The number of carbonyl (C=O) groups is 2. The van der Waals surface area contributed by atoms with Crippen LogP contribution in [0.15, 0.2) is 36.4 Å². The molecule has 0 aliphatic carbocycles. The minimum absolute atomic E-state index is 0.0779. The summed E-state index contributed by atoms with van der Waals surface area (Å²) in [5.41, 5.74) is 2.88. The van der Waals surface area contributed by atoms with Crippen molar-refractivity contribution in [3.8, 4) is 58.2 Å². The fourth-order valence-corrected chi connectivity index (χ4v) is 5.06. The molecule has 198 valence electrons. The Balaban J connectivity index is 1.35. The monoisotopic (exact) mass is 558 g/mol. The first-order valence-electron chi connectivity index (χ1n) is 12.3. The molecule has 6 aromatic rings. The van der Waals surface area contributed by atoms with E-state index in [4.69, 9.17) is 0 Å². The summed E-state index contributed by atoms with van der Waals surface area (Å²) >= 11 is 0. The lowest BCUT2D eigenvalue weighted by atomic mass is 9.96. The van der Waals surface area contributed by atoms with Crippen molar-refractivity contribution in [1.29, 1.82) is 21.0 Å². The van der Waals surface area contributed by atoms with Crippen LogP contribution < -0.4 is 0 Å². The van der Waals surface area contributed by atoms with Crippen LogP contribution in [0.3, 0.4) is 0 Å². The minimum Gasteiger partial charge on any atom is -0.310 e. The average Bonchev–Trinajstić information content (AvgIpc) is 3.67. The molecular weight excluding hydrogens is 548 g/mol. The van der Waals surface area contributed by atoms with E-state index >= 15 is 0 Å². The zero-order valence-corrected chi connectivity index (χ0v) is 21.7. The van der Waals surface area contributed by atoms with Crippen molar-refractivity contribution in [3.63, 3.8) is 0 Å². The third-order valence-electron chi connectivity index (χ3n) is 7.07. The molecule has 43 heavy (non-hydrogen) atoms. The maximum atomic E-state index is 13.5. The first kappa shape index (κ1) is 24.9. The van der Waals surface area contributed by atoms with E-state index in [0.717, 1.165) is 0 Å². The topological polar surface area (TPSA) is 216 Å². The standard InChI is InChI=1S/C29H10N12O2/c1-40-25(38-23-27(40)36-21(10-32)19(8-30)34-23)17-6-13(2-3-15(17)12-42)14-4-5-16-18(7-14)29(43)41-26(16)39-24-28(41)37-22(11-33)20(9-31)35-24/h2-7,12H,1H3. The Kier molecular flexibility index (Phi) is 5.16. The molecule has 14 heteroatoms. The van der Waals surface area contributed by atoms with Crippen molar-refractivity contribution in [2.75, 3.05) is 0 Å². The Morgan fingerprint density at radius 3 is 1.81 bits per heavy atom. The van der Waals surface area contributed by atoms with Gasteiger partial charge < -0.3 is 4.57 Å². The highest BCUT2D eigenvalue weighted by molar-refractivity contribution is 6.12. The molecule has 0 N–H and O–H groups in total. The molecule has 0 saturated heterocycles. The molecule has 0 atom stereocenters. The molecule has 4 aromatic heterocycles. The first-order valence-corrected chi connectivity index (χ1v) is 12.3. The second kappa shape index (κ2) is 8.93. The molecule has 0 fully saturated rings. The van der Waals surface area contributed by atoms with Crippen LogP contribution in [0, 0.1) is 45.3 Å². The van der Waals surface area contributed by atoms with Crippen LogP contribution in [0.5, 0.6) is 0 Å². The van der Waals surface area contributed by atoms with Gasteiger partial charge in [0.1, 0.15) is 30.1 Å². The normalized spacial score (nSPS) is 11.4. The first-order chi connectivity index (χ1) is 20.9. The minimum atomic E-state index is -0.420. The van der Waals surface area contributed by atoms with Crippen molar-refractivity contribution in [1.82, 2.24) is 39.0 Å². The second-order valence-corrected chi connectivity index (χ2v) is 9.33. The Morgan fingerprint density at radius 1 is 0.651 bits per heavy atom. The molecule has 7 rings (SSSR count). The lowest BCUT2D eigenvalue weighted by molar-refractivity contribution is 0.0972. The average molecular weight is 558 g/mol. The van der Waals surface area contributed by atoms with E-state index in [0.29, 0.717) is 51.3 Å². The molecule has 5 heterocycles. The van der Waals surface area contributed by atoms with Gasteiger partial charge >= 0.3 is 0 Å². The fourth-order valence-electron chi connectivity index (χ4n) is 5.06. The Bertz CT molecular complexity index is 2460. The van der Waals surface area contributed by atoms with Crippen molar-refractivity contribution < 1.29 is 9.59 Å². The smallest absolute Gasteiger partial charge is 0.266 e. The summed E-state index contributed by atoms with van der Waals surface area (Å²) in [4.78, 5) is 51.1. The van der Waals surface area contributed by atoms with Crippen LogP contribution in [0.4, 0.5) is 0 Å². The number of rotatable bonds is 3. The molecule has 0 saturated carbocycles. The molecule has 0 amide bonds. The van der Waals surface area contributed by atoms with Crippen molar-refractivity contribution in [2.45, 2.75) is 0 Å². The lowest BCUT2D eigenvalue weighted by Gasteiger charge is -2.10. The highest BCUT2D eigenvalue weighted by atomic mass is 16.2. The van der Waals surface area contributed by atoms with Gasteiger partial charge in [0.15, 0.2) is 57.5 Å². The van der Waals surface area contributed by atoms with Crippen molar-refractivity contribution >= 4 is 34.8 Å². The van der Waals surface area contributed by atoms with Gasteiger partial charge in [-0.3, -0.25) is 9.59 Å². The molecule has 0 spiro atoms. The van der Waals surface area contributed by atoms with Crippen LogP contribution in [0.1, 0.15) is 43.5 Å². The number of hydrogen-bond acceptors (Lipinski definition) is 12. The summed E-state index contributed by atoms with van der Waals surface area (Å²) < 4.78 is 2.85. The quantitative estimate of drug-likeness (QED) is 0.286. The van der Waals surface area contributed by atoms with Gasteiger partial charge in [-0.15, -0.1) is 0 Å². The van der Waals surface area contributed by atoms with Gasteiger partial charge in [-0.25, -0.2) is 34.5 Å². The Labute approximate surface area is 240 Å². The van der Waals surface area contributed by atoms with Gasteiger partial charge in [0, 0.05) is 23.7 Å². The van der Waals surface area contributed by atoms with Crippen LogP contribution in [-0.2, 0) is 7.05 Å². The van der Waals surface area contributed by atoms with Gasteiger partial charge in [-0.1, -0.05) is 18.2 Å². The van der Waals surface area contributed by atoms with Crippen LogP contribution in [-0.4, -0.2) is 51.2 Å². The number of fused-ring (bicyclic) bond motifs is 6. The zero-order chi connectivity index (χ0) is 30.0. The van der Waals surface area contributed by atoms with Crippen LogP contribution in [0.25, 0.3) is 56.5 Å². The SMILES string of the molecule is Cn1c(-c2cc(-c3ccc4c(c3)C(=O)n3c-4nc4nc(C#N)c(C#N)nc43)ccc2C=O)nc2nc(C#N)c(C#N)nc21. The second-order valence-electron chi connectivity index (χ2n) is 9.33. The molecular formula is C29H10N12O2. The molecule has 1 aliphatic rings. The van der Waals surface area contributed by atoms with Gasteiger partial charge in [0.2, 0.25) is 0 Å². The molecule has 0 bridgehead atoms. The predicted molar refractivity (Wildman–Crippen MR) is 145 cm³/mol. The van der Waals surface area contributed by atoms with Crippen molar-refractivity contribution in [2.24, 2.45) is 7.05 Å². The number of benzene rings is 2. The van der Waals surface area contributed by atoms with Gasteiger partial charge in [-0.2, -0.15) is 21.0 Å². The van der Waals surface area contributed by atoms with Gasteiger partial charge in [0.25, 0.3) is 5.91 Å². The van der Waals surface area contributed by atoms with E-state index in [1.54, 1.807) is 48.0 Å². The van der Waals surface area contributed by atoms with Gasteiger partial charge in [0.05, 0.1) is 5.56 Å². The summed E-state index contributed by atoms with van der Waals surface area (Å²) in [6.45, 7) is 0. The van der Waals surface area contributed by atoms with E-state index in [-0.39, 0.29) is 45.4 Å². The number of imidazole rings is 2. The highest BCUT2D eigenvalue weighted by Crippen LogP contribution is 2.37. The van der Waals surface area contributed by atoms with E-state index in [1.807, 2.05) is 24.3 Å². The third-order valence-corrected chi connectivity index (χ3v) is 7.07. The predicted octanol–water partition coefficient (Wildman–Crippen LogP) is 2.81. The largest absolute Gasteiger partial charge is 0.310 e. The number of carbonyl (C=O) groups excluding carboxylic acids is 2. The number of hydrogen-bond donors (Lipinski definition) is 0. The van der Waals surface area contributed by atoms with Gasteiger partial charge in [-0.05, 0) is 29.3 Å². The van der Waals surface area contributed by atoms with Crippen LogP contribution >= 0.6 is 0 Å². The summed E-state index contributed by atoms with van der Waals surface area (Å²) in [7, 11) is 1.66. The van der Waals surface area contributed by atoms with Crippen LogP contribution in [0.2, 0.25) is 0 Å². The maximum absolute atomic E-state index is 13.5. The number of aldehydes is 1. The summed E-state index contributed by atoms with van der Waals surface area (Å²) in [6.07, 6.45) is 0.686. The van der Waals surface area contributed by atoms with E-state index in [1.165, 1.54) is 4.57 Å². The number of nitriles is 4. The fraction of sp³-hybridized carbons (Fsp3) is 0.0345. The van der Waals surface area contributed by atoms with E-state index < -0.39 is 5.91 Å². The summed E-state index contributed by atoms with van der Waals surface area (Å²) in [6, 6.07) is 17.6. The lowest BCUT2D eigenvalue weighted by Crippen LogP contribution is -2.08. The summed E-state index contributed by atoms with van der Waals surface area (Å²) in [5, 5.41) is 37.3. The number of aryl methyl sites for hydroxylation is 1. The zero-order valence-electron chi connectivity index (χ0n) is 21.7. The molecule has 0 radical (unpaired) electrons. The summed E-state index contributed by atoms with van der Waals surface area (Å²) in [5.74, 6) is 0.215. The Morgan fingerprint density at radius 2 is 1.19 bits per heavy atom. The van der Waals surface area contributed by atoms with Crippen molar-refractivity contribution in [3.05, 3.63) is 70.3 Å². The highest BCUT2D eigenvalue weighted by Gasteiger charge is 2.32. The van der Waals surface area contributed by atoms with E-state index in [2.05, 4.69) is 29.9 Å². The molecule has 1 aliphatic heterocycles. The third kappa shape index (κ3) is 3.42. The maximum Gasteiger partial charge on any atom is 0.266 e. The number of aromatic nitrogens is 8. The van der Waals surface area contributed by atoms with E-state index in [9.17, 15) is 30.6 Å². The molecule has 2 aromatic carbocycles. The Hall–Kier alpha value is -7.16. The molecule has 0 unspecified atom stereocenters. The number of nitrogens with zero attached hydrogens (tertiary/aromatic N) is 12.